The Labute approximate surface area is 109 Å². The molecule has 0 saturated heterocycles. The average Bonchev–Trinajstić information content (AvgIpc) is 2.27. The van der Waals surface area contributed by atoms with Crippen LogP contribution in [0.3, 0.4) is 0 Å². The number of anilines is 1. The first kappa shape index (κ1) is 12.2. The first-order valence-electron chi connectivity index (χ1n) is 5.54. The van der Waals surface area contributed by atoms with Crippen LogP contribution in [0.4, 0.5) is 5.69 Å². The Morgan fingerprint density at radius 2 is 2.18 bits per heavy atom. The zero-order chi connectivity index (χ0) is 12.4. The Kier molecular flexibility index (Phi) is 3.52. The number of ether oxygens (including phenoxy) is 1. The van der Waals surface area contributed by atoms with Crippen LogP contribution in [-0.2, 0) is 0 Å². The summed E-state index contributed by atoms with van der Waals surface area (Å²) in [6.07, 6.45) is 1.64. The van der Waals surface area contributed by atoms with Crippen LogP contribution < -0.4 is 10.5 Å². The van der Waals surface area contributed by atoms with Gasteiger partial charge in [-0.15, -0.1) is 0 Å². The van der Waals surface area contributed by atoms with E-state index in [2.05, 4.69) is 34.8 Å². The van der Waals surface area contributed by atoms with Gasteiger partial charge in [0, 0.05) is 9.86 Å². The highest BCUT2D eigenvalue weighted by atomic mass is 79.9. The molecule has 0 atom stereocenters. The molecule has 0 aliphatic carbocycles. The van der Waals surface area contributed by atoms with Gasteiger partial charge in [0.15, 0.2) is 5.75 Å². The van der Waals surface area contributed by atoms with E-state index in [9.17, 15) is 0 Å². The number of nitrogens with zero attached hydrogens (tertiary/aromatic N) is 1. The highest BCUT2D eigenvalue weighted by molar-refractivity contribution is 9.10. The van der Waals surface area contributed by atoms with E-state index in [4.69, 9.17) is 10.5 Å². The summed E-state index contributed by atoms with van der Waals surface area (Å²) in [5.74, 6) is 1.19. The number of rotatable bonds is 3. The minimum Gasteiger partial charge on any atom is -0.490 e. The first-order valence-corrected chi connectivity index (χ1v) is 6.33. The van der Waals surface area contributed by atoms with E-state index in [0.717, 1.165) is 21.1 Å². The van der Waals surface area contributed by atoms with Crippen LogP contribution >= 0.6 is 15.9 Å². The monoisotopic (exact) mass is 294 g/mol. The third kappa shape index (κ3) is 2.69. The maximum absolute atomic E-state index is 5.92. The second-order valence-corrected chi connectivity index (χ2v) is 5.32. The standard InChI is InChI=1S/C13H15BrN2O/c1-8(2)7-17-13-10-5-9(14)3-4-12(10)16-6-11(13)15/h3-6,8H,7,15H2,1-2H3. The van der Waals surface area contributed by atoms with Gasteiger partial charge in [-0.25, -0.2) is 0 Å². The molecule has 0 aliphatic heterocycles. The van der Waals surface area contributed by atoms with Crippen molar-refractivity contribution in [2.45, 2.75) is 13.8 Å². The molecule has 2 N–H and O–H groups in total. The van der Waals surface area contributed by atoms with Crippen molar-refractivity contribution >= 4 is 32.5 Å². The van der Waals surface area contributed by atoms with Crippen LogP contribution in [-0.4, -0.2) is 11.6 Å². The summed E-state index contributed by atoms with van der Waals surface area (Å²) in [5, 5.41) is 0.944. The molecule has 0 unspecified atom stereocenters. The van der Waals surface area contributed by atoms with Crippen LogP contribution in [0.2, 0.25) is 0 Å². The van der Waals surface area contributed by atoms with E-state index >= 15 is 0 Å². The topological polar surface area (TPSA) is 48.1 Å². The van der Waals surface area contributed by atoms with Gasteiger partial charge in [0.2, 0.25) is 0 Å². The fourth-order valence-electron chi connectivity index (χ4n) is 1.57. The number of nitrogen functional groups attached to an aromatic ring is 1. The molecule has 1 aromatic carbocycles. The van der Waals surface area contributed by atoms with E-state index in [1.807, 2.05) is 18.2 Å². The van der Waals surface area contributed by atoms with Crippen molar-refractivity contribution in [2.75, 3.05) is 12.3 Å². The number of halogens is 1. The summed E-state index contributed by atoms with van der Waals surface area (Å²) < 4.78 is 6.77. The van der Waals surface area contributed by atoms with Crippen molar-refractivity contribution in [2.24, 2.45) is 5.92 Å². The molecule has 1 aromatic heterocycles. The average molecular weight is 295 g/mol. The molecule has 4 heteroatoms. The third-order valence-electron chi connectivity index (χ3n) is 2.37. The fraction of sp³-hybridized carbons (Fsp3) is 0.308. The van der Waals surface area contributed by atoms with Gasteiger partial charge < -0.3 is 10.5 Å². The van der Waals surface area contributed by atoms with Gasteiger partial charge in [-0.2, -0.15) is 0 Å². The summed E-state index contributed by atoms with van der Waals surface area (Å²) in [6, 6.07) is 5.88. The summed E-state index contributed by atoms with van der Waals surface area (Å²) in [6.45, 7) is 4.86. The minimum absolute atomic E-state index is 0.463. The molecular weight excluding hydrogens is 280 g/mol. The quantitative estimate of drug-likeness (QED) is 0.941. The van der Waals surface area contributed by atoms with E-state index in [0.29, 0.717) is 18.2 Å². The van der Waals surface area contributed by atoms with Crippen LogP contribution in [0.1, 0.15) is 13.8 Å². The first-order chi connectivity index (χ1) is 8.08. The Morgan fingerprint density at radius 1 is 1.41 bits per heavy atom. The lowest BCUT2D eigenvalue weighted by Gasteiger charge is -2.13. The maximum atomic E-state index is 5.92. The summed E-state index contributed by atoms with van der Waals surface area (Å²) >= 11 is 3.45. The van der Waals surface area contributed by atoms with Crippen molar-refractivity contribution in [3.05, 3.63) is 28.9 Å². The molecule has 0 radical (unpaired) electrons. The third-order valence-corrected chi connectivity index (χ3v) is 2.86. The van der Waals surface area contributed by atoms with Crippen LogP contribution in [0.15, 0.2) is 28.9 Å². The molecule has 0 bridgehead atoms. The van der Waals surface area contributed by atoms with Crippen molar-refractivity contribution in [3.63, 3.8) is 0 Å². The Morgan fingerprint density at radius 3 is 2.88 bits per heavy atom. The number of hydrogen-bond donors (Lipinski definition) is 1. The van der Waals surface area contributed by atoms with Crippen molar-refractivity contribution < 1.29 is 4.74 Å². The number of fused-ring (bicyclic) bond motifs is 1. The predicted molar refractivity (Wildman–Crippen MR) is 74.2 cm³/mol. The molecule has 1 heterocycles. The van der Waals surface area contributed by atoms with Crippen molar-refractivity contribution in [1.82, 2.24) is 4.98 Å². The molecule has 0 saturated carbocycles. The number of aromatic nitrogens is 1. The number of benzene rings is 1. The van der Waals surface area contributed by atoms with Gasteiger partial charge in [0.1, 0.15) is 0 Å². The number of hydrogen-bond acceptors (Lipinski definition) is 3. The highest BCUT2D eigenvalue weighted by Crippen LogP contribution is 2.32. The lowest BCUT2D eigenvalue weighted by atomic mass is 10.2. The zero-order valence-corrected chi connectivity index (χ0v) is 11.5. The molecule has 2 rings (SSSR count). The molecular formula is C13H15BrN2O. The van der Waals surface area contributed by atoms with Crippen LogP contribution in [0.5, 0.6) is 5.75 Å². The van der Waals surface area contributed by atoms with Crippen LogP contribution in [0.25, 0.3) is 10.9 Å². The Bertz CT molecular complexity index is 535. The highest BCUT2D eigenvalue weighted by Gasteiger charge is 2.09. The molecule has 17 heavy (non-hydrogen) atoms. The summed E-state index contributed by atoms with van der Waals surface area (Å²) in [7, 11) is 0. The normalized spacial score (nSPS) is 11.1. The molecule has 3 nitrogen and oxygen atoms in total. The van der Waals surface area contributed by atoms with Gasteiger partial charge in [-0.1, -0.05) is 29.8 Å². The van der Waals surface area contributed by atoms with E-state index in [1.165, 1.54) is 0 Å². The van der Waals surface area contributed by atoms with Crippen molar-refractivity contribution in [1.29, 1.82) is 0 Å². The lowest BCUT2D eigenvalue weighted by Crippen LogP contribution is -2.07. The summed E-state index contributed by atoms with van der Waals surface area (Å²) in [4.78, 5) is 4.28. The minimum atomic E-state index is 0.463. The molecule has 0 spiro atoms. The van der Waals surface area contributed by atoms with Gasteiger partial charge in [-0.3, -0.25) is 4.98 Å². The predicted octanol–water partition coefficient (Wildman–Crippen LogP) is 3.61. The van der Waals surface area contributed by atoms with Gasteiger partial charge in [-0.05, 0) is 24.1 Å². The van der Waals surface area contributed by atoms with Gasteiger partial charge >= 0.3 is 0 Å². The number of nitrogens with two attached hydrogens (primary N) is 1. The zero-order valence-electron chi connectivity index (χ0n) is 9.90. The molecule has 0 aliphatic rings. The largest absolute Gasteiger partial charge is 0.490 e. The number of pyridine rings is 1. The van der Waals surface area contributed by atoms with E-state index in [1.54, 1.807) is 6.20 Å². The van der Waals surface area contributed by atoms with Gasteiger partial charge in [0.05, 0.1) is 24.0 Å². The summed E-state index contributed by atoms with van der Waals surface area (Å²) in [5.41, 5.74) is 7.39. The second-order valence-electron chi connectivity index (χ2n) is 4.41. The molecule has 0 amide bonds. The lowest BCUT2D eigenvalue weighted by molar-refractivity contribution is 0.275. The Hall–Kier alpha value is -1.29. The second kappa shape index (κ2) is 4.92. The molecule has 90 valence electrons. The van der Waals surface area contributed by atoms with E-state index < -0.39 is 0 Å². The fourth-order valence-corrected chi connectivity index (χ4v) is 1.93. The molecule has 2 aromatic rings. The van der Waals surface area contributed by atoms with Crippen LogP contribution in [0, 0.1) is 5.92 Å². The molecule has 0 fully saturated rings. The van der Waals surface area contributed by atoms with Gasteiger partial charge in [0.25, 0.3) is 0 Å². The Balaban J connectivity index is 2.50. The van der Waals surface area contributed by atoms with E-state index in [-0.39, 0.29) is 0 Å². The SMILES string of the molecule is CC(C)COc1c(N)cnc2ccc(Br)cc12. The maximum Gasteiger partial charge on any atom is 0.153 e. The van der Waals surface area contributed by atoms with Crippen molar-refractivity contribution in [3.8, 4) is 5.75 Å². The smallest absolute Gasteiger partial charge is 0.153 e.